The fourth-order valence-electron chi connectivity index (χ4n) is 1.88. The fraction of sp³-hybridized carbons (Fsp3) is 0.143. The summed E-state index contributed by atoms with van der Waals surface area (Å²) in [5.74, 6) is 0. The molecule has 3 heteroatoms. The van der Waals surface area contributed by atoms with Crippen molar-refractivity contribution in [2.24, 2.45) is 0 Å². The van der Waals surface area contributed by atoms with Gasteiger partial charge >= 0.3 is 0 Å². The molecule has 0 atom stereocenters. The topological polar surface area (TPSA) is 30.2 Å². The molecule has 0 aliphatic heterocycles. The van der Waals surface area contributed by atoms with Crippen LogP contribution >= 0.6 is 0 Å². The maximum Gasteiger partial charge on any atom is 0.155 e. The quantitative estimate of drug-likeness (QED) is 0.668. The second-order valence-electron chi connectivity index (χ2n) is 4.00. The van der Waals surface area contributed by atoms with Crippen molar-refractivity contribution in [3.05, 3.63) is 54.4 Å². The summed E-state index contributed by atoms with van der Waals surface area (Å²) in [6, 6.07) is 12.4. The largest absolute Gasteiger partial charge is 0.229 e. The lowest BCUT2D eigenvalue weighted by Gasteiger charge is -2.02. The van der Waals surface area contributed by atoms with Gasteiger partial charge in [0.25, 0.3) is 0 Å². The van der Waals surface area contributed by atoms with Gasteiger partial charge in [-0.05, 0) is 18.1 Å². The monoisotopic (exact) mass is 223 g/mol. The Bertz CT molecular complexity index is 638. The Morgan fingerprint density at radius 1 is 1.06 bits per heavy atom. The van der Waals surface area contributed by atoms with Gasteiger partial charge in [0, 0.05) is 17.8 Å². The van der Waals surface area contributed by atoms with E-state index in [1.807, 2.05) is 18.3 Å². The third kappa shape index (κ3) is 1.80. The smallest absolute Gasteiger partial charge is 0.155 e. The molecule has 0 bridgehead atoms. The summed E-state index contributed by atoms with van der Waals surface area (Å²) >= 11 is 0. The Hall–Kier alpha value is -2.16. The molecule has 84 valence electrons. The molecule has 0 amide bonds. The number of fused-ring (bicyclic) bond motifs is 1. The van der Waals surface area contributed by atoms with E-state index in [4.69, 9.17) is 0 Å². The van der Waals surface area contributed by atoms with E-state index in [9.17, 15) is 0 Å². The number of benzene rings is 1. The van der Waals surface area contributed by atoms with Gasteiger partial charge in [-0.3, -0.25) is 0 Å². The highest BCUT2D eigenvalue weighted by Gasteiger charge is 2.01. The van der Waals surface area contributed by atoms with Crippen molar-refractivity contribution in [3.63, 3.8) is 0 Å². The van der Waals surface area contributed by atoms with Crippen LogP contribution < -0.4 is 0 Å². The van der Waals surface area contributed by atoms with Crippen molar-refractivity contribution in [1.82, 2.24) is 14.6 Å². The second-order valence-corrected chi connectivity index (χ2v) is 4.00. The fourth-order valence-corrected chi connectivity index (χ4v) is 1.88. The van der Waals surface area contributed by atoms with Crippen molar-refractivity contribution in [2.45, 2.75) is 13.3 Å². The molecule has 2 heterocycles. The molecule has 0 saturated heterocycles. The summed E-state index contributed by atoms with van der Waals surface area (Å²) in [5, 5.41) is 4.14. The molecule has 0 saturated carbocycles. The van der Waals surface area contributed by atoms with E-state index in [1.165, 1.54) is 5.56 Å². The molecular weight excluding hydrogens is 210 g/mol. The summed E-state index contributed by atoms with van der Waals surface area (Å²) in [4.78, 5) is 4.56. The molecule has 0 fully saturated rings. The number of nitrogens with zero attached hydrogens (tertiary/aromatic N) is 3. The highest BCUT2D eigenvalue weighted by Crippen LogP contribution is 2.18. The molecule has 0 N–H and O–H groups in total. The predicted molar refractivity (Wildman–Crippen MR) is 67.8 cm³/mol. The lowest BCUT2D eigenvalue weighted by molar-refractivity contribution is 0.941. The van der Waals surface area contributed by atoms with Gasteiger partial charge in [0.05, 0.1) is 11.9 Å². The van der Waals surface area contributed by atoms with Gasteiger partial charge in [-0.1, -0.05) is 31.2 Å². The van der Waals surface area contributed by atoms with Crippen molar-refractivity contribution in [1.29, 1.82) is 0 Å². The molecule has 2 aromatic heterocycles. The number of aryl methyl sites for hydroxylation is 1. The summed E-state index contributed by atoms with van der Waals surface area (Å²) in [7, 11) is 0. The lowest BCUT2D eigenvalue weighted by atomic mass is 10.1. The maximum absolute atomic E-state index is 4.56. The van der Waals surface area contributed by atoms with E-state index in [0.29, 0.717) is 0 Å². The van der Waals surface area contributed by atoms with Crippen LogP contribution in [0, 0.1) is 0 Å². The van der Waals surface area contributed by atoms with Gasteiger partial charge in [-0.2, -0.15) is 5.10 Å². The van der Waals surface area contributed by atoms with Crippen molar-refractivity contribution >= 4 is 5.65 Å². The number of hydrogen-bond donors (Lipinski definition) is 0. The average molecular weight is 223 g/mol. The van der Waals surface area contributed by atoms with Crippen molar-refractivity contribution in [2.75, 3.05) is 0 Å². The van der Waals surface area contributed by atoms with E-state index in [-0.39, 0.29) is 0 Å². The maximum atomic E-state index is 4.56. The molecule has 17 heavy (non-hydrogen) atoms. The normalized spacial score (nSPS) is 10.9. The molecule has 0 aliphatic rings. The first-order valence-electron chi connectivity index (χ1n) is 5.76. The molecule has 0 radical (unpaired) electrons. The van der Waals surface area contributed by atoms with Crippen LogP contribution in [0.3, 0.4) is 0 Å². The Labute approximate surface area is 99.7 Å². The lowest BCUT2D eigenvalue weighted by Crippen LogP contribution is -1.91. The molecular formula is C14H13N3. The zero-order valence-corrected chi connectivity index (χ0v) is 9.67. The standard InChI is InChI=1S/C14H13N3/c1-2-11-3-5-12(6-4-11)13-8-10-17-14(16-13)7-9-15-17/h3-10H,2H2,1H3. The Balaban J connectivity index is 2.06. The van der Waals surface area contributed by atoms with Crippen LogP contribution in [-0.4, -0.2) is 14.6 Å². The number of aromatic nitrogens is 3. The first-order chi connectivity index (χ1) is 8.36. The summed E-state index contributed by atoms with van der Waals surface area (Å²) in [6.45, 7) is 2.16. The summed E-state index contributed by atoms with van der Waals surface area (Å²) in [5.41, 5.74) is 4.35. The Morgan fingerprint density at radius 3 is 2.65 bits per heavy atom. The molecule has 0 aliphatic carbocycles. The van der Waals surface area contributed by atoms with Crippen LogP contribution in [0.5, 0.6) is 0 Å². The van der Waals surface area contributed by atoms with E-state index in [1.54, 1.807) is 10.7 Å². The molecule has 1 aromatic carbocycles. The highest BCUT2D eigenvalue weighted by molar-refractivity contribution is 5.61. The van der Waals surface area contributed by atoms with Crippen LogP contribution in [0.2, 0.25) is 0 Å². The molecule has 0 spiro atoms. The second kappa shape index (κ2) is 4.01. The van der Waals surface area contributed by atoms with Gasteiger partial charge in [0.2, 0.25) is 0 Å². The van der Waals surface area contributed by atoms with Gasteiger partial charge in [0.1, 0.15) is 0 Å². The van der Waals surface area contributed by atoms with Crippen LogP contribution in [0.25, 0.3) is 16.9 Å². The SMILES string of the molecule is CCc1ccc(-c2ccn3nccc3n2)cc1. The first kappa shape index (κ1) is 10.0. The molecule has 3 aromatic rings. The van der Waals surface area contributed by atoms with E-state index >= 15 is 0 Å². The molecule has 3 nitrogen and oxygen atoms in total. The zero-order chi connectivity index (χ0) is 11.7. The highest BCUT2D eigenvalue weighted by atomic mass is 15.2. The van der Waals surface area contributed by atoms with E-state index in [0.717, 1.165) is 23.3 Å². The van der Waals surface area contributed by atoms with E-state index in [2.05, 4.69) is 41.3 Å². The Kier molecular flexibility index (Phi) is 2.37. The van der Waals surface area contributed by atoms with Crippen LogP contribution in [0.15, 0.2) is 48.8 Å². The van der Waals surface area contributed by atoms with Gasteiger partial charge in [-0.15, -0.1) is 0 Å². The van der Waals surface area contributed by atoms with E-state index < -0.39 is 0 Å². The van der Waals surface area contributed by atoms with Crippen molar-refractivity contribution in [3.8, 4) is 11.3 Å². The minimum atomic E-state index is 0.877. The van der Waals surface area contributed by atoms with Crippen molar-refractivity contribution < 1.29 is 0 Å². The zero-order valence-electron chi connectivity index (χ0n) is 9.67. The number of rotatable bonds is 2. The Morgan fingerprint density at radius 2 is 1.88 bits per heavy atom. The summed E-state index contributed by atoms with van der Waals surface area (Å²) < 4.78 is 1.77. The minimum absolute atomic E-state index is 0.877. The first-order valence-corrected chi connectivity index (χ1v) is 5.76. The predicted octanol–water partition coefficient (Wildman–Crippen LogP) is 2.96. The van der Waals surface area contributed by atoms with Gasteiger partial charge < -0.3 is 0 Å². The van der Waals surface area contributed by atoms with Crippen LogP contribution in [0.4, 0.5) is 0 Å². The molecule has 0 unspecified atom stereocenters. The van der Waals surface area contributed by atoms with Crippen LogP contribution in [0.1, 0.15) is 12.5 Å². The third-order valence-electron chi connectivity index (χ3n) is 2.92. The van der Waals surface area contributed by atoms with Gasteiger partial charge in [-0.25, -0.2) is 9.50 Å². The summed E-state index contributed by atoms with van der Waals surface area (Å²) in [6.07, 6.45) is 4.76. The third-order valence-corrected chi connectivity index (χ3v) is 2.92. The molecule has 3 rings (SSSR count). The van der Waals surface area contributed by atoms with Gasteiger partial charge in [0.15, 0.2) is 5.65 Å². The number of hydrogen-bond acceptors (Lipinski definition) is 2. The minimum Gasteiger partial charge on any atom is -0.229 e. The van der Waals surface area contributed by atoms with Crippen LogP contribution in [-0.2, 0) is 6.42 Å². The average Bonchev–Trinajstić information content (AvgIpc) is 2.86.